The quantitative estimate of drug-likeness (QED) is 0.108. The second kappa shape index (κ2) is 15.8. The zero-order valence-corrected chi connectivity index (χ0v) is 22.0. The Bertz CT molecular complexity index is 695. The molecule has 1 atom stereocenters. The van der Waals surface area contributed by atoms with E-state index < -0.39 is 29.5 Å². The lowest BCUT2D eigenvalue weighted by molar-refractivity contribution is -0.396. The van der Waals surface area contributed by atoms with Gasteiger partial charge in [-0.15, -0.1) is 0 Å². The van der Waals surface area contributed by atoms with E-state index in [-0.39, 0.29) is 24.0 Å². The van der Waals surface area contributed by atoms with Gasteiger partial charge in [-0.1, -0.05) is 51.9 Å². The van der Waals surface area contributed by atoms with Crippen molar-refractivity contribution in [1.29, 1.82) is 0 Å². The van der Waals surface area contributed by atoms with Crippen molar-refractivity contribution in [2.24, 2.45) is 5.92 Å². The molecule has 0 amide bonds. The third kappa shape index (κ3) is 11.0. The average Bonchev–Trinajstić information content (AvgIpc) is 2.81. The molecule has 1 aromatic carbocycles. The van der Waals surface area contributed by atoms with Crippen molar-refractivity contribution in [2.45, 2.75) is 110 Å². The molecule has 0 aliphatic heterocycles. The lowest BCUT2D eigenvalue weighted by Gasteiger charge is -2.38. The highest BCUT2D eigenvalue weighted by molar-refractivity contribution is 5.33. The molecule has 1 aromatic rings. The molecule has 0 saturated carbocycles. The zero-order chi connectivity index (χ0) is 27.2. The van der Waals surface area contributed by atoms with E-state index >= 15 is 0 Å². The Morgan fingerprint density at radius 2 is 1.14 bits per heavy atom. The number of alkyl halides is 6. The highest BCUT2D eigenvalue weighted by Gasteiger charge is 2.41. The molecule has 9 heteroatoms. The smallest absolute Gasteiger partial charge is 0.331 e. The monoisotopic (exact) mass is 528 g/mol. The van der Waals surface area contributed by atoms with Gasteiger partial charge < -0.3 is 14.2 Å². The molecule has 0 aliphatic rings. The molecular weight excluding hydrogens is 486 g/mol. The number of aryl methyl sites for hydroxylation is 1. The van der Waals surface area contributed by atoms with E-state index in [1.807, 2.05) is 13.8 Å². The maximum atomic E-state index is 13.2. The van der Waals surface area contributed by atoms with Crippen LogP contribution in [0.3, 0.4) is 0 Å². The van der Waals surface area contributed by atoms with Crippen LogP contribution >= 0.6 is 0 Å². The Morgan fingerprint density at radius 1 is 0.667 bits per heavy atom. The molecule has 0 fully saturated rings. The van der Waals surface area contributed by atoms with Crippen molar-refractivity contribution in [3.8, 4) is 0 Å². The van der Waals surface area contributed by atoms with Crippen molar-refractivity contribution in [3.05, 3.63) is 34.9 Å². The molecule has 0 heterocycles. The standard InChI is InChI=1S/C27H42F6O3/c1-5-8-9-10-11-12-16-22(27(34-4,35-6-2)36-7-3)17-14-13-15-21-18-23(25(28,29)30)20-24(19-21)26(31,32)33/h18-20,22H,5-17H2,1-4H3. The summed E-state index contributed by atoms with van der Waals surface area (Å²) in [6.45, 7) is 6.62. The maximum Gasteiger partial charge on any atom is 0.416 e. The lowest BCUT2D eigenvalue weighted by atomic mass is 9.91. The van der Waals surface area contributed by atoms with E-state index in [0.717, 1.165) is 37.8 Å². The summed E-state index contributed by atoms with van der Waals surface area (Å²) in [6, 6.07) is 1.78. The molecule has 0 aliphatic carbocycles. The molecule has 3 nitrogen and oxygen atoms in total. The predicted octanol–water partition coefficient (Wildman–Crippen LogP) is 9.18. The lowest BCUT2D eigenvalue weighted by Crippen LogP contribution is -2.46. The van der Waals surface area contributed by atoms with Gasteiger partial charge in [-0.2, -0.15) is 26.3 Å². The van der Waals surface area contributed by atoms with E-state index in [1.165, 1.54) is 26.4 Å². The van der Waals surface area contributed by atoms with Crippen molar-refractivity contribution in [2.75, 3.05) is 20.3 Å². The first-order valence-corrected chi connectivity index (χ1v) is 13.0. The summed E-state index contributed by atoms with van der Waals surface area (Å²) in [5.41, 5.74) is -2.53. The Kier molecular flexibility index (Phi) is 14.4. The summed E-state index contributed by atoms with van der Waals surface area (Å²) in [7, 11) is 1.53. The number of hydrogen-bond donors (Lipinski definition) is 0. The van der Waals surface area contributed by atoms with Gasteiger partial charge in [-0.25, -0.2) is 0 Å². The second-order valence-corrected chi connectivity index (χ2v) is 9.09. The van der Waals surface area contributed by atoms with Crippen LogP contribution in [-0.2, 0) is 33.0 Å². The molecule has 1 unspecified atom stereocenters. The van der Waals surface area contributed by atoms with Crippen LogP contribution in [0, 0.1) is 5.92 Å². The van der Waals surface area contributed by atoms with Gasteiger partial charge in [0, 0.05) is 26.2 Å². The third-order valence-electron chi connectivity index (χ3n) is 6.30. The molecule has 36 heavy (non-hydrogen) atoms. The van der Waals surface area contributed by atoms with Crippen LogP contribution in [0.5, 0.6) is 0 Å². The summed E-state index contributed by atoms with van der Waals surface area (Å²) in [6.07, 6.45) is -0.416. The topological polar surface area (TPSA) is 27.7 Å². The van der Waals surface area contributed by atoms with Crippen LogP contribution < -0.4 is 0 Å². The largest absolute Gasteiger partial charge is 0.416 e. The summed E-state index contributed by atoms with van der Waals surface area (Å²) in [5, 5.41) is 0. The van der Waals surface area contributed by atoms with Crippen LogP contribution in [0.4, 0.5) is 26.3 Å². The first-order chi connectivity index (χ1) is 16.9. The Hall–Kier alpha value is -1.32. The van der Waals surface area contributed by atoms with Crippen LogP contribution in [0.2, 0.25) is 0 Å². The van der Waals surface area contributed by atoms with Crippen molar-refractivity contribution in [1.82, 2.24) is 0 Å². The molecular formula is C27H42F6O3. The van der Waals surface area contributed by atoms with Gasteiger partial charge in [0.2, 0.25) is 0 Å². The predicted molar refractivity (Wildman–Crippen MR) is 128 cm³/mol. The fourth-order valence-electron chi connectivity index (χ4n) is 4.52. The Balaban J connectivity index is 2.90. The minimum absolute atomic E-state index is 0.0252. The number of benzene rings is 1. The minimum atomic E-state index is -4.84. The van der Waals surface area contributed by atoms with Gasteiger partial charge in [0.1, 0.15) is 0 Å². The minimum Gasteiger partial charge on any atom is -0.331 e. The molecule has 0 N–H and O–H groups in total. The third-order valence-corrected chi connectivity index (χ3v) is 6.30. The van der Waals surface area contributed by atoms with E-state index in [4.69, 9.17) is 14.2 Å². The van der Waals surface area contributed by atoms with Crippen molar-refractivity contribution >= 4 is 0 Å². The first-order valence-electron chi connectivity index (χ1n) is 13.0. The molecule has 0 radical (unpaired) electrons. The molecule has 0 aromatic heterocycles. The Morgan fingerprint density at radius 3 is 1.58 bits per heavy atom. The molecule has 0 spiro atoms. The van der Waals surface area contributed by atoms with Crippen molar-refractivity contribution < 1.29 is 40.6 Å². The van der Waals surface area contributed by atoms with E-state index in [1.54, 1.807) is 0 Å². The molecule has 0 saturated heterocycles. The van der Waals surface area contributed by atoms with Gasteiger partial charge in [0.25, 0.3) is 5.97 Å². The van der Waals surface area contributed by atoms with Gasteiger partial charge in [-0.3, -0.25) is 0 Å². The highest BCUT2D eigenvalue weighted by atomic mass is 19.4. The van der Waals surface area contributed by atoms with Crippen LogP contribution in [0.1, 0.15) is 102 Å². The van der Waals surface area contributed by atoms with Crippen molar-refractivity contribution in [3.63, 3.8) is 0 Å². The fourth-order valence-corrected chi connectivity index (χ4v) is 4.52. The number of halogens is 6. The molecule has 210 valence electrons. The highest BCUT2D eigenvalue weighted by Crippen LogP contribution is 2.37. The van der Waals surface area contributed by atoms with E-state index in [9.17, 15) is 26.3 Å². The number of rotatable bonds is 18. The normalized spacial score (nSPS) is 13.8. The van der Waals surface area contributed by atoms with Crippen LogP contribution in [0.25, 0.3) is 0 Å². The maximum absolute atomic E-state index is 13.2. The zero-order valence-electron chi connectivity index (χ0n) is 22.0. The van der Waals surface area contributed by atoms with Gasteiger partial charge >= 0.3 is 12.4 Å². The van der Waals surface area contributed by atoms with Gasteiger partial charge in [0.15, 0.2) is 0 Å². The number of ether oxygens (including phenoxy) is 3. The first kappa shape index (κ1) is 32.7. The van der Waals surface area contributed by atoms with E-state index in [0.29, 0.717) is 32.5 Å². The fraction of sp³-hybridized carbons (Fsp3) is 0.778. The van der Waals surface area contributed by atoms with Crippen LogP contribution in [-0.4, -0.2) is 26.3 Å². The molecule has 0 bridgehead atoms. The SMILES string of the molecule is CCCCCCCCC(CCCCc1cc(C(F)(F)F)cc(C(F)(F)F)c1)C(OC)(OCC)OCC. The average molecular weight is 529 g/mol. The van der Waals surface area contributed by atoms with E-state index in [2.05, 4.69) is 6.92 Å². The second-order valence-electron chi connectivity index (χ2n) is 9.09. The number of unbranched alkanes of at least 4 members (excludes halogenated alkanes) is 6. The summed E-state index contributed by atoms with van der Waals surface area (Å²) < 4.78 is 96.4. The van der Waals surface area contributed by atoms with Gasteiger partial charge in [-0.05, 0) is 63.3 Å². The molecule has 1 rings (SSSR count). The summed E-state index contributed by atoms with van der Waals surface area (Å²) in [5.74, 6) is -1.33. The number of hydrogen-bond acceptors (Lipinski definition) is 3. The van der Waals surface area contributed by atoms with Gasteiger partial charge in [0.05, 0.1) is 11.1 Å². The van der Waals surface area contributed by atoms with Crippen LogP contribution in [0.15, 0.2) is 18.2 Å². The summed E-state index contributed by atoms with van der Waals surface area (Å²) in [4.78, 5) is 0. The number of methoxy groups -OCH3 is 1. The summed E-state index contributed by atoms with van der Waals surface area (Å²) >= 11 is 0. The Labute approximate surface area is 211 Å².